The molecule has 3 nitrogen and oxygen atoms in total. The van der Waals surface area contributed by atoms with E-state index in [9.17, 15) is 9.59 Å². The van der Waals surface area contributed by atoms with Gasteiger partial charge in [-0.1, -0.05) is 19.4 Å². The van der Waals surface area contributed by atoms with Crippen LogP contribution < -0.4 is 5.32 Å². The van der Waals surface area contributed by atoms with Crippen LogP contribution in [-0.2, 0) is 9.59 Å². The third-order valence-electron chi connectivity index (χ3n) is 2.21. The first-order valence-electron chi connectivity index (χ1n) is 4.06. The van der Waals surface area contributed by atoms with E-state index in [0.717, 1.165) is 5.57 Å². The second-order valence-electron chi connectivity index (χ2n) is 3.37. The highest BCUT2D eigenvalue weighted by atomic mass is 16.2. The molecule has 12 heavy (non-hydrogen) atoms. The largest absolute Gasteiger partial charge is 0.292 e. The molecule has 1 aliphatic rings. The molecule has 0 saturated carbocycles. The van der Waals surface area contributed by atoms with Crippen LogP contribution >= 0.6 is 0 Å². The number of imide groups is 1. The van der Waals surface area contributed by atoms with Crippen molar-refractivity contribution >= 4 is 11.8 Å². The average Bonchev–Trinajstić information content (AvgIpc) is 2.28. The third kappa shape index (κ3) is 1.55. The molecule has 0 unspecified atom stereocenters. The van der Waals surface area contributed by atoms with Crippen molar-refractivity contribution in [1.82, 2.24) is 5.32 Å². The fraction of sp³-hybridized carbons (Fsp3) is 0.556. The van der Waals surface area contributed by atoms with Crippen molar-refractivity contribution in [1.29, 1.82) is 0 Å². The van der Waals surface area contributed by atoms with Gasteiger partial charge in [-0.2, -0.15) is 0 Å². The highest BCUT2D eigenvalue weighted by Gasteiger charge is 2.26. The molecule has 0 aromatic carbocycles. The molecule has 1 rings (SSSR count). The summed E-state index contributed by atoms with van der Waals surface area (Å²) in [5.74, 6) is -0.0714. The van der Waals surface area contributed by atoms with E-state index in [1.54, 1.807) is 0 Å². The van der Waals surface area contributed by atoms with Gasteiger partial charge in [-0.05, 0) is 12.8 Å². The molecule has 0 spiro atoms. The summed E-state index contributed by atoms with van der Waals surface area (Å²) >= 11 is 0. The van der Waals surface area contributed by atoms with Crippen LogP contribution in [0.2, 0.25) is 0 Å². The standard InChI is InChI=1S/C9H13NO2/c1-5(2)6(3)7-4-8(11)10-9(7)12/h5H,4H2,1-3H3,(H,10,11,12). The Morgan fingerprint density at radius 2 is 2.00 bits per heavy atom. The van der Waals surface area contributed by atoms with Crippen LogP contribution in [0.25, 0.3) is 0 Å². The molecule has 1 N–H and O–H groups in total. The highest BCUT2D eigenvalue weighted by Crippen LogP contribution is 2.20. The van der Waals surface area contributed by atoms with E-state index in [2.05, 4.69) is 5.32 Å². The lowest BCUT2D eigenvalue weighted by atomic mass is 9.98. The lowest BCUT2D eigenvalue weighted by Gasteiger charge is -2.06. The van der Waals surface area contributed by atoms with Gasteiger partial charge in [-0.15, -0.1) is 0 Å². The van der Waals surface area contributed by atoms with Crippen molar-refractivity contribution in [2.24, 2.45) is 5.92 Å². The minimum absolute atomic E-state index is 0.185. The van der Waals surface area contributed by atoms with Gasteiger partial charge in [0.05, 0.1) is 6.42 Å². The monoisotopic (exact) mass is 167 g/mol. The number of rotatable bonds is 1. The summed E-state index contributed by atoms with van der Waals surface area (Å²) in [7, 11) is 0. The lowest BCUT2D eigenvalue weighted by Crippen LogP contribution is -2.20. The minimum atomic E-state index is -0.216. The minimum Gasteiger partial charge on any atom is -0.292 e. The van der Waals surface area contributed by atoms with Crippen LogP contribution in [0, 0.1) is 5.92 Å². The van der Waals surface area contributed by atoms with E-state index < -0.39 is 0 Å². The van der Waals surface area contributed by atoms with Crippen LogP contribution in [0.4, 0.5) is 0 Å². The van der Waals surface area contributed by atoms with E-state index in [4.69, 9.17) is 0 Å². The highest BCUT2D eigenvalue weighted by molar-refractivity contribution is 6.13. The molecular formula is C9H13NO2. The molecule has 2 amide bonds. The molecule has 3 heteroatoms. The van der Waals surface area contributed by atoms with Gasteiger partial charge in [-0.3, -0.25) is 14.9 Å². The molecule has 0 aromatic rings. The first kappa shape index (κ1) is 8.97. The van der Waals surface area contributed by atoms with E-state index in [-0.39, 0.29) is 18.2 Å². The topological polar surface area (TPSA) is 46.2 Å². The smallest absolute Gasteiger partial charge is 0.254 e. The van der Waals surface area contributed by atoms with E-state index >= 15 is 0 Å². The Labute approximate surface area is 71.8 Å². The maximum atomic E-state index is 11.1. The Balaban J connectivity index is 2.95. The summed E-state index contributed by atoms with van der Waals surface area (Å²) in [6, 6.07) is 0. The van der Waals surface area contributed by atoms with Crippen LogP contribution in [0.15, 0.2) is 11.1 Å². The first-order chi connectivity index (χ1) is 5.52. The SMILES string of the molecule is CC(=C1CC(=O)NC1=O)C(C)C. The Morgan fingerprint density at radius 1 is 1.42 bits per heavy atom. The van der Waals surface area contributed by atoms with Gasteiger partial charge in [0, 0.05) is 5.57 Å². The van der Waals surface area contributed by atoms with Crippen LogP contribution in [-0.4, -0.2) is 11.8 Å². The number of amides is 2. The number of carbonyl (C=O) groups is 2. The fourth-order valence-corrected chi connectivity index (χ4v) is 1.15. The number of hydrogen-bond donors (Lipinski definition) is 1. The predicted molar refractivity (Wildman–Crippen MR) is 45.3 cm³/mol. The molecule has 0 aromatic heterocycles. The summed E-state index contributed by atoms with van der Waals surface area (Å²) in [5, 5.41) is 2.27. The molecular weight excluding hydrogens is 154 g/mol. The second-order valence-corrected chi connectivity index (χ2v) is 3.37. The van der Waals surface area contributed by atoms with Crippen molar-refractivity contribution in [3.63, 3.8) is 0 Å². The Bertz CT molecular complexity index is 264. The first-order valence-corrected chi connectivity index (χ1v) is 4.06. The predicted octanol–water partition coefficient (Wildman–Crippen LogP) is 1.01. The molecule has 1 heterocycles. The van der Waals surface area contributed by atoms with Gasteiger partial charge >= 0.3 is 0 Å². The van der Waals surface area contributed by atoms with Gasteiger partial charge in [0.15, 0.2) is 0 Å². The molecule has 0 aliphatic carbocycles. The Hall–Kier alpha value is -1.12. The summed E-state index contributed by atoms with van der Waals surface area (Å²) in [6.45, 7) is 5.93. The fourth-order valence-electron chi connectivity index (χ4n) is 1.15. The number of carbonyl (C=O) groups excluding carboxylic acids is 2. The molecule has 1 aliphatic heterocycles. The second kappa shape index (κ2) is 3.09. The molecule has 0 atom stereocenters. The number of hydrogen-bond acceptors (Lipinski definition) is 2. The summed E-state index contributed by atoms with van der Waals surface area (Å²) in [6.07, 6.45) is 0.253. The van der Waals surface area contributed by atoms with Crippen LogP contribution in [0.3, 0.4) is 0 Å². The summed E-state index contributed by atoms with van der Waals surface area (Å²) in [5.41, 5.74) is 1.66. The molecule has 1 fully saturated rings. The quantitative estimate of drug-likeness (QED) is 0.468. The van der Waals surface area contributed by atoms with Gasteiger partial charge in [-0.25, -0.2) is 0 Å². The number of allylic oxidation sites excluding steroid dienone is 1. The molecule has 0 radical (unpaired) electrons. The van der Waals surface area contributed by atoms with E-state index in [0.29, 0.717) is 11.5 Å². The maximum Gasteiger partial charge on any atom is 0.254 e. The molecule has 66 valence electrons. The molecule has 1 saturated heterocycles. The Kier molecular flexibility index (Phi) is 2.31. The van der Waals surface area contributed by atoms with Crippen molar-refractivity contribution in [3.05, 3.63) is 11.1 Å². The molecule has 0 bridgehead atoms. The van der Waals surface area contributed by atoms with E-state index in [1.807, 2.05) is 20.8 Å². The number of nitrogens with one attached hydrogen (secondary N) is 1. The third-order valence-corrected chi connectivity index (χ3v) is 2.21. The maximum absolute atomic E-state index is 11.1. The van der Waals surface area contributed by atoms with Gasteiger partial charge < -0.3 is 0 Å². The van der Waals surface area contributed by atoms with Crippen LogP contribution in [0.5, 0.6) is 0 Å². The van der Waals surface area contributed by atoms with Crippen LogP contribution in [0.1, 0.15) is 27.2 Å². The van der Waals surface area contributed by atoms with Gasteiger partial charge in [0.25, 0.3) is 5.91 Å². The van der Waals surface area contributed by atoms with Crippen molar-refractivity contribution in [2.45, 2.75) is 27.2 Å². The lowest BCUT2D eigenvalue weighted by molar-refractivity contribution is -0.124. The Morgan fingerprint density at radius 3 is 2.33 bits per heavy atom. The summed E-state index contributed by atoms with van der Waals surface area (Å²) < 4.78 is 0. The average molecular weight is 167 g/mol. The zero-order valence-electron chi connectivity index (χ0n) is 7.60. The zero-order valence-corrected chi connectivity index (χ0v) is 7.60. The summed E-state index contributed by atoms with van der Waals surface area (Å²) in [4.78, 5) is 22.0. The van der Waals surface area contributed by atoms with Gasteiger partial charge in [0.1, 0.15) is 0 Å². The normalized spacial score (nSPS) is 21.7. The van der Waals surface area contributed by atoms with Crippen molar-refractivity contribution in [3.8, 4) is 0 Å². The van der Waals surface area contributed by atoms with Crippen molar-refractivity contribution in [2.75, 3.05) is 0 Å². The van der Waals surface area contributed by atoms with Crippen molar-refractivity contribution < 1.29 is 9.59 Å². The zero-order chi connectivity index (χ0) is 9.30. The van der Waals surface area contributed by atoms with Gasteiger partial charge in [0.2, 0.25) is 5.91 Å². The van der Waals surface area contributed by atoms with E-state index in [1.165, 1.54) is 0 Å².